The van der Waals surface area contributed by atoms with Gasteiger partial charge in [0, 0.05) is 17.4 Å². The topological polar surface area (TPSA) is 67.6 Å². The molecule has 2 unspecified atom stereocenters. The van der Waals surface area contributed by atoms with Crippen LogP contribution in [0.1, 0.15) is 59.2 Å². The number of hydrogen-bond donors (Lipinski definition) is 1. The predicted octanol–water partition coefficient (Wildman–Crippen LogP) is 6.43. The third-order valence-electron chi connectivity index (χ3n) is 6.45. The van der Waals surface area contributed by atoms with Gasteiger partial charge >= 0.3 is 5.97 Å². The van der Waals surface area contributed by atoms with Crippen molar-refractivity contribution in [2.75, 3.05) is 12.0 Å². The number of methoxy groups -OCH3 is 1. The van der Waals surface area contributed by atoms with Crippen molar-refractivity contribution in [3.63, 3.8) is 0 Å². The zero-order chi connectivity index (χ0) is 25.2. The Morgan fingerprint density at radius 3 is 2.47 bits per heavy atom. The van der Waals surface area contributed by atoms with Crippen LogP contribution in [0, 0.1) is 0 Å². The van der Waals surface area contributed by atoms with Crippen LogP contribution < -0.4 is 10.2 Å². The van der Waals surface area contributed by atoms with Gasteiger partial charge in [0.2, 0.25) is 0 Å². The van der Waals surface area contributed by atoms with Gasteiger partial charge in [-0.1, -0.05) is 50.2 Å². The van der Waals surface area contributed by atoms with E-state index in [0.29, 0.717) is 33.7 Å². The van der Waals surface area contributed by atoms with E-state index < -0.39 is 5.97 Å². The summed E-state index contributed by atoms with van der Waals surface area (Å²) in [6, 6.07) is 24.9. The van der Waals surface area contributed by atoms with Crippen LogP contribution in [-0.2, 0) is 4.74 Å². The molecule has 0 radical (unpaired) electrons. The van der Waals surface area contributed by atoms with E-state index in [2.05, 4.69) is 53.3 Å². The van der Waals surface area contributed by atoms with Crippen molar-refractivity contribution >= 4 is 29.0 Å². The Kier molecular flexibility index (Phi) is 6.57. The Labute approximate surface area is 215 Å². The highest BCUT2D eigenvalue weighted by molar-refractivity contribution is 7.80. The number of benzene rings is 2. The first-order chi connectivity index (χ1) is 17.5. The second-order valence-corrected chi connectivity index (χ2v) is 9.37. The van der Waals surface area contributed by atoms with Crippen LogP contribution in [0.3, 0.4) is 0 Å². The van der Waals surface area contributed by atoms with E-state index in [1.54, 1.807) is 18.3 Å². The molecule has 5 rings (SSSR count). The largest absolute Gasteiger partial charge is 0.465 e. The molecule has 4 aromatic rings. The second kappa shape index (κ2) is 9.95. The summed E-state index contributed by atoms with van der Waals surface area (Å²) in [6.07, 6.45) is 1.78. The maximum Gasteiger partial charge on any atom is 0.338 e. The molecule has 7 heteroatoms. The van der Waals surface area contributed by atoms with Gasteiger partial charge in [-0.2, -0.15) is 0 Å². The molecule has 0 saturated carbocycles. The number of aromatic nitrogens is 1. The lowest BCUT2D eigenvalue weighted by atomic mass is 10.0. The van der Waals surface area contributed by atoms with Crippen LogP contribution in [0.25, 0.3) is 11.3 Å². The van der Waals surface area contributed by atoms with Gasteiger partial charge in [0.25, 0.3) is 0 Å². The molecule has 0 aliphatic carbocycles. The lowest BCUT2D eigenvalue weighted by Gasteiger charge is -2.26. The van der Waals surface area contributed by atoms with E-state index in [4.69, 9.17) is 21.4 Å². The summed E-state index contributed by atoms with van der Waals surface area (Å²) in [6.45, 7) is 4.35. The molecule has 1 fully saturated rings. The summed E-state index contributed by atoms with van der Waals surface area (Å²) in [4.78, 5) is 19.0. The van der Waals surface area contributed by atoms with Gasteiger partial charge in [-0.25, -0.2) is 4.79 Å². The molecule has 2 aromatic carbocycles. The molecule has 1 aliphatic heterocycles. The van der Waals surface area contributed by atoms with Gasteiger partial charge < -0.3 is 19.4 Å². The van der Waals surface area contributed by atoms with Gasteiger partial charge in [-0.3, -0.25) is 4.98 Å². The summed E-state index contributed by atoms with van der Waals surface area (Å²) < 4.78 is 11.4. The first-order valence-electron chi connectivity index (χ1n) is 11.9. The summed E-state index contributed by atoms with van der Waals surface area (Å²) in [5.74, 6) is 1.31. The number of ether oxygens (including phenoxy) is 1. The fourth-order valence-electron chi connectivity index (χ4n) is 4.58. The van der Waals surface area contributed by atoms with Crippen molar-refractivity contribution in [1.29, 1.82) is 0 Å². The van der Waals surface area contributed by atoms with E-state index in [0.717, 1.165) is 11.4 Å². The lowest BCUT2D eigenvalue weighted by molar-refractivity contribution is 0.0601. The van der Waals surface area contributed by atoms with Crippen molar-refractivity contribution in [2.45, 2.75) is 31.8 Å². The third kappa shape index (κ3) is 4.38. The maximum absolute atomic E-state index is 12.4. The van der Waals surface area contributed by atoms with Crippen LogP contribution in [0.2, 0.25) is 0 Å². The Morgan fingerprint density at radius 1 is 1.03 bits per heavy atom. The van der Waals surface area contributed by atoms with Crippen molar-refractivity contribution in [3.05, 3.63) is 108 Å². The molecule has 1 N–H and O–H groups in total. The van der Waals surface area contributed by atoms with E-state index in [1.165, 1.54) is 12.7 Å². The SMILES string of the molecule is COC(=O)c1ccccc1-c1ccc(C2C(c3ccccn3)NC(=S)N2c2ccc(C(C)C)cc2)o1. The molecule has 2 atom stereocenters. The van der Waals surface area contributed by atoms with E-state index in [1.807, 2.05) is 42.5 Å². The van der Waals surface area contributed by atoms with Gasteiger partial charge in [0.15, 0.2) is 5.11 Å². The zero-order valence-electron chi connectivity index (χ0n) is 20.3. The molecular formula is C29H27N3O3S. The Hall–Kier alpha value is -3.97. The third-order valence-corrected chi connectivity index (χ3v) is 6.77. The number of rotatable bonds is 6. The van der Waals surface area contributed by atoms with Crippen LogP contribution in [0.4, 0.5) is 5.69 Å². The van der Waals surface area contributed by atoms with E-state index in [-0.39, 0.29) is 12.1 Å². The van der Waals surface area contributed by atoms with Crippen LogP contribution in [0.15, 0.2) is 89.5 Å². The van der Waals surface area contributed by atoms with Crippen LogP contribution in [-0.4, -0.2) is 23.2 Å². The molecule has 0 bridgehead atoms. The van der Waals surface area contributed by atoms with Crippen molar-refractivity contribution in [2.24, 2.45) is 0 Å². The van der Waals surface area contributed by atoms with Crippen molar-refractivity contribution in [1.82, 2.24) is 10.3 Å². The van der Waals surface area contributed by atoms with Gasteiger partial charge in [-0.15, -0.1) is 0 Å². The minimum atomic E-state index is -0.412. The summed E-state index contributed by atoms with van der Waals surface area (Å²) >= 11 is 5.82. The quantitative estimate of drug-likeness (QED) is 0.243. The van der Waals surface area contributed by atoms with E-state index in [9.17, 15) is 4.79 Å². The fraction of sp³-hybridized carbons (Fsp3) is 0.207. The number of anilines is 1. The number of nitrogens with zero attached hydrogens (tertiary/aromatic N) is 2. The highest BCUT2D eigenvalue weighted by Crippen LogP contribution is 2.43. The predicted molar refractivity (Wildman–Crippen MR) is 144 cm³/mol. The highest BCUT2D eigenvalue weighted by Gasteiger charge is 2.42. The fourth-order valence-corrected chi connectivity index (χ4v) is 4.93. The lowest BCUT2D eigenvalue weighted by Crippen LogP contribution is -2.29. The van der Waals surface area contributed by atoms with Crippen molar-refractivity contribution in [3.8, 4) is 11.3 Å². The molecular weight excluding hydrogens is 470 g/mol. The highest BCUT2D eigenvalue weighted by atomic mass is 32.1. The first-order valence-corrected chi connectivity index (χ1v) is 12.3. The minimum Gasteiger partial charge on any atom is -0.465 e. The first kappa shape index (κ1) is 23.8. The second-order valence-electron chi connectivity index (χ2n) is 8.98. The molecule has 2 aromatic heterocycles. The minimum absolute atomic E-state index is 0.224. The Balaban J connectivity index is 1.59. The molecule has 6 nitrogen and oxygen atoms in total. The summed E-state index contributed by atoms with van der Waals surface area (Å²) in [5.41, 5.74) is 4.20. The molecule has 1 saturated heterocycles. The number of esters is 1. The number of nitrogens with one attached hydrogen (secondary N) is 1. The Bertz CT molecular complexity index is 1380. The van der Waals surface area contributed by atoms with Gasteiger partial charge in [-0.05, 0) is 66.2 Å². The maximum atomic E-state index is 12.4. The molecule has 0 amide bonds. The monoisotopic (exact) mass is 497 g/mol. The number of pyridine rings is 1. The molecule has 182 valence electrons. The number of carbonyl (C=O) groups excluding carboxylic acids is 1. The summed E-state index contributed by atoms with van der Waals surface area (Å²) in [7, 11) is 1.37. The standard InChI is InChI=1S/C29H27N3O3S/c1-18(2)19-11-13-20(14-12-19)32-27(26(31-29(32)36)23-10-6-7-17-30-23)25-16-15-24(35-25)21-8-4-5-9-22(21)28(33)34-3/h4-18,26-27H,1-3H3,(H,31,36). The van der Waals surface area contributed by atoms with Crippen molar-refractivity contribution < 1.29 is 13.9 Å². The molecule has 0 spiro atoms. The molecule has 3 heterocycles. The number of carbonyl (C=O) groups is 1. The van der Waals surface area contributed by atoms with Gasteiger partial charge in [0.1, 0.15) is 17.6 Å². The number of furan rings is 1. The average Bonchev–Trinajstić information content (AvgIpc) is 3.53. The number of hydrogen-bond acceptors (Lipinski definition) is 5. The van der Waals surface area contributed by atoms with Crippen LogP contribution in [0.5, 0.6) is 0 Å². The zero-order valence-corrected chi connectivity index (χ0v) is 21.2. The van der Waals surface area contributed by atoms with Crippen LogP contribution >= 0.6 is 12.2 Å². The normalized spacial score (nSPS) is 17.3. The number of thiocarbonyl (C=S) groups is 1. The molecule has 36 heavy (non-hydrogen) atoms. The smallest absolute Gasteiger partial charge is 0.338 e. The molecule has 1 aliphatic rings. The Morgan fingerprint density at radius 2 is 1.78 bits per heavy atom. The summed E-state index contributed by atoms with van der Waals surface area (Å²) in [5, 5.41) is 4.05. The average molecular weight is 498 g/mol. The van der Waals surface area contributed by atoms with E-state index >= 15 is 0 Å². The van der Waals surface area contributed by atoms with Gasteiger partial charge in [0.05, 0.1) is 24.4 Å².